The summed E-state index contributed by atoms with van der Waals surface area (Å²) in [6.07, 6.45) is -4.49. The van der Waals surface area contributed by atoms with Gasteiger partial charge in [-0.1, -0.05) is 12.1 Å². The number of rotatable bonds is 7. The summed E-state index contributed by atoms with van der Waals surface area (Å²) in [5, 5.41) is 16.2. The Hall–Kier alpha value is -4.00. The highest BCUT2D eigenvalue weighted by Gasteiger charge is 2.30. The van der Waals surface area contributed by atoms with E-state index in [1.165, 1.54) is 30.6 Å². The van der Waals surface area contributed by atoms with Crippen molar-refractivity contribution in [2.24, 2.45) is 0 Å². The number of nitrogens with zero attached hydrogens (tertiary/aromatic N) is 5. The van der Waals surface area contributed by atoms with Crippen LogP contribution in [0.4, 0.5) is 18.3 Å². The molecule has 4 aromatic rings. The van der Waals surface area contributed by atoms with Crippen molar-refractivity contribution in [3.05, 3.63) is 53.4 Å². The molecular weight excluding hydrogens is 473 g/mol. The second-order valence-electron chi connectivity index (χ2n) is 6.87. The highest BCUT2D eigenvalue weighted by Crippen LogP contribution is 2.35. The maximum absolute atomic E-state index is 12.9. The number of methoxy groups -OCH3 is 2. The Bertz CT molecular complexity index is 1320. The molecule has 4 rings (SSSR count). The minimum atomic E-state index is -4.49. The molecule has 0 aliphatic heterocycles. The largest absolute Gasteiger partial charge is 0.497 e. The molecule has 0 bridgehead atoms. The third-order valence-electron chi connectivity index (χ3n) is 4.62. The van der Waals surface area contributed by atoms with Crippen molar-refractivity contribution in [3.8, 4) is 34.1 Å². The van der Waals surface area contributed by atoms with Crippen molar-refractivity contribution in [1.82, 2.24) is 25.2 Å². The number of hydrogen-bond acceptors (Lipinski definition) is 8. The molecule has 1 amide bonds. The first-order valence-corrected chi connectivity index (χ1v) is 10.6. The van der Waals surface area contributed by atoms with Crippen LogP contribution >= 0.6 is 11.3 Å². The number of ether oxygens (including phenoxy) is 2. The molecule has 2 heterocycles. The van der Waals surface area contributed by atoms with Gasteiger partial charge in [0.15, 0.2) is 5.13 Å². The second-order valence-corrected chi connectivity index (χ2v) is 7.73. The summed E-state index contributed by atoms with van der Waals surface area (Å²) in [6.45, 7) is -0.299. The number of benzene rings is 2. The number of anilines is 1. The number of alkyl halides is 3. The Balaban J connectivity index is 1.43. The summed E-state index contributed by atoms with van der Waals surface area (Å²) in [5.41, 5.74) is 0.640. The fourth-order valence-corrected chi connectivity index (χ4v) is 3.74. The number of tetrazole rings is 1. The lowest BCUT2D eigenvalue weighted by atomic mass is 10.1. The number of thiazole rings is 1. The standard InChI is InChI=1S/C21H17F3N6O3S/c1-32-14-6-7-15(17(9-14)33-2)16-11-34-20(25-16)26-18(31)10-30-28-19(27-29-30)12-4-3-5-13(8-12)21(22,23)24/h3-9,11H,10H2,1-2H3,(H,25,26,31). The van der Waals surface area contributed by atoms with E-state index in [2.05, 4.69) is 25.7 Å². The van der Waals surface area contributed by atoms with Crippen LogP contribution in [0.3, 0.4) is 0 Å². The topological polar surface area (TPSA) is 104 Å². The third kappa shape index (κ3) is 5.14. The van der Waals surface area contributed by atoms with E-state index < -0.39 is 17.6 Å². The van der Waals surface area contributed by atoms with Gasteiger partial charge in [-0.2, -0.15) is 18.0 Å². The average molecular weight is 490 g/mol. The molecule has 9 nitrogen and oxygen atoms in total. The van der Waals surface area contributed by atoms with Gasteiger partial charge in [0.2, 0.25) is 11.7 Å². The van der Waals surface area contributed by atoms with E-state index in [4.69, 9.17) is 9.47 Å². The van der Waals surface area contributed by atoms with E-state index in [0.717, 1.165) is 22.5 Å². The molecule has 34 heavy (non-hydrogen) atoms. The Morgan fingerprint density at radius 2 is 1.97 bits per heavy atom. The Labute approximate surface area is 195 Å². The first kappa shape index (κ1) is 23.2. The van der Waals surface area contributed by atoms with Gasteiger partial charge >= 0.3 is 6.18 Å². The SMILES string of the molecule is COc1ccc(-c2csc(NC(=O)Cn3nnc(-c4cccc(C(F)(F)F)c4)n3)n2)c(OC)c1. The highest BCUT2D eigenvalue weighted by atomic mass is 32.1. The Kier molecular flexibility index (Phi) is 6.45. The van der Waals surface area contributed by atoms with E-state index in [0.29, 0.717) is 22.3 Å². The normalized spacial score (nSPS) is 11.3. The molecule has 0 saturated carbocycles. The molecule has 13 heteroatoms. The van der Waals surface area contributed by atoms with Crippen molar-refractivity contribution in [2.75, 3.05) is 19.5 Å². The molecule has 0 radical (unpaired) electrons. The lowest BCUT2D eigenvalue weighted by molar-refractivity contribution is -0.137. The number of carbonyl (C=O) groups excluding carboxylic acids is 1. The molecule has 2 aromatic heterocycles. The van der Waals surface area contributed by atoms with E-state index in [-0.39, 0.29) is 17.9 Å². The van der Waals surface area contributed by atoms with Gasteiger partial charge in [0.05, 0.1) is 25.5 Å². The summed E-state index contributed by atoms with van der Waals surface area (Å²) >= 11 is 1.22. The predicted molar refractivity (Wildman–Crippen MR) is 118 cm³/mol. The number of hydrogen-bond donors (Lipinski definition) is 1. The average Bonchev–Trinajstić information content (AvgIpc) is 3.48. The maximum atomic E-state index is 12.9. The fourth-order valence-electron chi connectivity index (χ4n) is 3.01. The molecule has 0 aliphatic carbocycles. The van der Waals surface area contributed by atoms with Crippen LogP contribution in [0.1, 0.15) is 5.56 Å². The number of halogens is 3. The van der Waals surface area contributed by atoms with Crippen molar-refractivity contribution < 1.29 is 27.4 Å². The van der Waals surface area contributed by atoms with E-state index in [9.17, 15) is 18.0 Å². The van der Waals surface area contributed by atoms with Gasteiger partial charge in [-0.05, 0) is 29.5 Å². The monoisotopic (exact) mass is 490 g/mol. The fraction of sp³-hybridized carbons (Fsp3) is 0.190. The van der Waals surface area contributed by atoms with Gasteiger partial charge in [-0.15, -0.1) is 21.5 Å². The molecular formula is C21H17F3N6O3S. The second kappa shape index (κ2) is 9.47. The summed E-state index contributed by atoms with van der Waals surface area (Å²) in [5.74, 6) is 0.697. The molecule has 1 N–H and O–H groups in total. The zero-order valence-corrected chi connectivity index (χ0v) is 18.6. The number of amides is 1. The molecule has 0 fully saturated rings. The van der Waals surface area contributed by atoms with E-state index >= 15 is 0 Å². The molecule has 0 atom stereocenters. The van der Waals surface area contributed by atoms with E-state index in [1.807, 2.05) is 0 Å². The first-order valence-electron chi connectivity index (χ1n) is 9.70. The van der Waals surface area contributed by atoms with Crippen molar-refractivity contribution >= 4 is 22.4 Å². The van der Waals surface area contributed by atoms with Gasteiger partial charge < -0.3 is 14.8 Å². The van der Waals surface area contributed by atoms with Crippen LogP contribution in [0, 0.1) is 0 Å². The van der Waals surface area contributed by atoms with Crippen LogP contribution in [0.5, 0.6) is 11.5 Å². The van der Waals surface area contributed by atoms with Crippen LogP contribution in [0.25, 0.3) is 22.6 Å². The summed E-state index contributed by atoms with van der Waals surface area (Å²) in [7, 11) is 3.09. The third-order valence-corrected chi connectivity index (χ3v) is 5.38. The predicted octanol–water partition coefficient (Wildman–Crippen LogP) is 4.14. The molecule has 0 saturated heterocycles. The van der Waals surface area contributed by atoms with E-state index in [1.54, 1.807) is 30.7 Å². The number of aromatic nitrogens is 5. The summed E-state index contributed by atoms with van der Waals surface area (Å²) in [6, 6.07) is 9.86. The summed E-state index contributed by atoms with van der Waals surface area (Å²) < 4.78 is 49.3. The van der Waals surface area contributed by atoms with Crippen molar-refractivity contribution in [3.63, 3.8) is 0 Å². The zero-order chi connectivity index (χ0) is 24.3. The molecule has 2 aromatic carbocycles. The van der Waals surface area contributed by atoms with Crippen LogP contribution in [0.2, 0.25) is 0 Å². The quantitative estimate of drug-likeness (QED) is 0.415. The molecule has 176 valence electrons. The van der Waals surface area contributed by atoms with Gasteiger partial charge in [0.1, 0.15) is 18.0 Å². The maximum Gasteiger partial charge on any atom is 0.416 e. The van der Waals surface area contributed by atoms with Crippen LogP contribution in [-0.4, -0.2) is 45.3 Å². The Morgan fingerprint density at radius 1 is 1.15 bits per heavy atom. The van der Waals surface area contributed by atoms with Gasteiger partial charge in [-0.3, -0.25) is 4.79 Å². The number of carbonyl (C=O) groups is 1. The minimum absolute atomic E-state index is 0.0259. The molecule has 0 unspecified atom stereocenters. The lowest BCUT2D eigenvalue weighted by Crippen LogP contribution is -2.20. The number of nitrogens with one attached hydrogen (secondary N) is 1. The zero-order valence-electron chi connectivity index (χ0n) is 17.8. The smallest absolute Gasteiger partial charge is 0.416 e. The molecule has 0 aliphatic rings. The summed E-state index contributed by atoms with van der Waals surface area (Å²) in [4.78, 5) is 17.8. The molecule has 0 spiro atoms. The Morgan fingerprint density at radius 3 is 2.71 bits per heavy atom. The van der Waals surface area contributed by atoms with Crippen molar-refractivity contribution in [1.29, 1.82) is 0 Å². The van der Waals surface area contributed by atoms with Gasteiger partial charge in [0.25, 0.3) is 0 Å². The lowest BCUT2D eigenvalue weighted by Gasteiger charge is -2.08. The van der Waals surface area contributed by atoms with Crippen LogP contribution < -0.4 is 14.8 Å². The van der Waals surface area contributed by atoms with Crippen LogP contribution in [-0.2, 0) is 17.5 Å². The first-order chi connectivity index (χ1) is 16.3. The van der Waals surface area contributed by atoms with Crippen LogP contribution in [0.15, 0.2) is 47.8 Å². The van der Waals surface area contributed by atoms with Gasteiger partial charge in [-0.25, -0.2) is 4.98 Å². The minimum Gasteiger partial charge on any atom is -0.497 e. The highest BCUT2D eigenvalue weighted by molar-refractivity contribution is 7.14. The van der Waals surface area contributed by atoms with Gasteiger partial charge in [0, 0.05) is 22.6 Å². The van der Waals surface area contributed by atoms with Crippen molar-refractivity contribution in [2.45, 2.75) is 12.7 Å².